The lowest BCUT2D eigenvalue weighted by Crippen LogP contribution is -2.45. The molecule has 0 radical (unpaired) electrons. The van der Waals surface area contributed by atoms with Crippen molar-refractivity contribution in [1.82, 2.24) is 5.32 Å². The standard InChI is InChI=1S/C16H24N2O2/c1-20-15(19)16(13-5-3-2-4-6-13)9-7-14(8-10-16)18-12-11-17/h2-6,14,18H,7-12,17H2,1H3. The average molecular weight is 276 g/mol. The Morgan fingerprint density at radius 3 is 2.55 bits per heavy atom. The quantitative estimate of drug-likeness (QED) is 0.802. The largest absolute Gasteiger partial charge is 0.468 e. The normalized spacial score (nSPS) is 26.2. The van der Waals surface area contributed by atoms with E-state index in [1.54, 1.807) is 0 Å². The molecule has 1 aliphatic carbocycles. The van der Waals surface area contributed by atoms with Crippen molar-refractivity contribution in [3.05, 3.63) is 35.9 Å². The second-order valence-corrected chi connectivity index (χ2v) is 5.46. The van der Waals surface area contributed by atoms with E-state index in [1.165, 1.54) is 7.11 Å². The summed E-state index contributed by atoms with van der Waals surface area (Å²) in [6.07, 6.45) is 3.60. The van der Waals surface area contributed by atoms with Crippen molar-refractivity contribution < 1.29 is 9.53 Å². The van der Waals surface area contributed by atoms with Gasteiger partial charge in [0.25, 0.3) is 0 Å². The van der Waals surface area contributed by atoms with Crippen LogP contribution < -0.4 is 11.1 Å². The monoisotopic (exact) mass is 276 g/mol. The highest BCUT2D eigenvalue weighted by molar-refractivity contribution is 5.83. The van der Waals surface area contributed by atoms with Crippen molar-refractivity contribution in [3.63, 3.8) is 0 Å². The van der Waals surface area contributed by atoms with Gasteiger partial charge in [-0.05, 0) is 31.2 Å². The summed E-state index contributed by atoms with van der Waals surface area (Å²) in [6.45, 7) is 1.48. The van der Waals surface area contributed by atoms with Crippen LogP contribution in [0.25, 0.3) is 0 Å². The number of carbonyl (C=O) groups excluding carboxylic acids is 1. The molecular weight excluding hydrogens is 252 g/mol. The van der Waals surface area contributed by atoms with Crippen LogP contribution in [0.3, 0.4) is 0 Å². The Balaban J connectivity index is 2.14. The van der Waals surface area contributed by atoms with Crippen LogP contribution in [0.2, 0.25) is 0 Å². The topological polar surface area (TPSA) is 64.3 Å². The number of benzene rings is 1. The highest BCUT2D eigenvalue weighted by Gasteiger charge is 2.44. The number of carbonyl (C=O) groups is 1. The number of ether oxygens (including phenoxy) is 1. The van der Waals surface area contributed by atoms with Crippen LogP contribution in [-0.4, -0.2) is 32.2 Å². The van der Waals surface area contributed by atoms with Gasteiger partial charge >= 0.3 is 5.97 Å². The van der Waals surface area contributed by atoms with E-state index in [0.29, 0.717) is 12.6 Å². The number of hydrogen-bond donors (Lipinski definition) is 2. The molecule has 1 fully saturated rings. The van der Waals surface area contributed by atoms with Crippen LogP contribution in [0.5, 0.6) is 0 Å². The van der Waals surface area contributed by atoms with E-state index in [-0.39, 0.29) is 5.97 Å². The van der Waals surface area contributed by atoms with Crippen molar-refractivity contribution in [2.24, 2.45) is 5.73 Å². The van der Waals surface area contributed by atoms with Gasteiger partial charge in [0.05, 0.1) is 12.5 Å². The van der Waals surface area contributed by atoms with E-state index in [1.807, 2.05) is 30.3 Å². The molecule has 1 aliphatic rings. The maximum atomic E-state index is 12.3. The molecule has 0 unspecified atom stereocenters. The summed E-state index contributed by atoms with van der Waals surface area (Å²) in [5, 5.41) is 3.44. The molecule has 0 saturated heterocycles. The first kappa shape index (κ1) is 15.0. The Bertz CT molecular complexity index is 425. The van der Waals surface area contributed by atoms with Crippen LogP contribution in [0.15, 0.2) is 30.3 Å². The lowest BCUT2D eigenvalue weighted by atomic mass is 9.68. The van der Waals surface area contributed by atoms with Crippen molar-refractivity contribution in [3.8, 4) is 0 Å². The van der Waals surface area contributed by atoms with Gasteiger partial charge in [0.15, 0.2) is 0 Å². The molecule has 110 valence electrons. The van der Waals surface area contributed by atoms with E-state index in [2.05, 4.69) is 5.32 Å². The highest BCUT2D eigenvalue weighted by Crippen LogP contribution is 2.40. The molecule has 1 aromatic carbocycles. The Hall–Kier alpha value is -1.39. The summed E-state index contributed by atoms with van der Waals surface area (Å²) in [5.41, 5.74) is 6.12. The minimum atomic E-state index is -0.475. The van der Waals surface area contributed by atoms with Gasteiger partial charge in [-0.3, -0.25) is 4.79 Å². The molecule has 2 rings (SSSR count). The fourth-order valence-electron chi connectivity index (χ4n) is 3.17. The summed E-state index contributed by atoms with van der Waals surface area (Å²) in [7, 11) is 1.48. The zero-order valence-corrected chi connectivity index (χ0v) is 12.1. The molecular formula is C16H24N2O2. The number of methoxy groups -OCH3 is 1. The number of nitrogens with one attached hydrogen (secondary N) is 1. The highest BCUT2D eigenvalue weighted by atomic mass is 16.5. The Morgan fingerprint density at radius 1 is 1.35 bits per heavy atom. The third kappa shape index (κ3) is 3.02. The van der Waals surface area contributed by atoms with Gasteiger partial charge < -0.3 is 15.8 Å². The van der Waals surface area contributed by atoms with E-state index in [9.17, 15) is 4.79 Å². The van der Waals surface area contributed by atoms with E-state index >= 15 is 0 Å². The summed E-state index contributed by atoms with van der Waals surface area (Å²) in [4.78, 5) is 12.3. The van der Waals surface area contributed by atoms with Crippen LogP contribution in [-0.2, 0) is 14.9 Å². The molecule has 0 aliphatic heterocycles. The number of nitrogens with two attached hydrogens (primary N) is 1. The Morgan fingerprint density at radius 2 is 2.00 bits per heavy atom. The van der Waals surface area contributed by atoms with Gasteiger partial charge in [-0.25, -0.2) is 0 Å². The number of rotatable bonds is 5. The molecule has 20 heavy (non-hydrogen) atoms. The predicted octanol–water partition coefficient (Wildman–Crippen LogP) is 1.59. The van der Waals surface area contributed by atoms with Crippen molar-refractivity contribution in [2.75, 3.05) is 20.2 Å². The summed E-state index contributed by atoms with van der Waals surface area (Å²) in [6, 6.07) is 10.5. The van der Waals surface area contributed by atoms with Gasteiger partial charge in [0, 0.05) is 19.1 Å². The van der Waals surface area contributed by atoms with Gasteiger partial charge in [-0.15, -0.1) is 0 Å². The minimum Gasteiger partial charge on any atom is -0.468 e. The van der Waals surface area contributed by atoms with Gasteiger partial charge in [0.2, 0.25) is 0 Å². The van der Waals surface area contributed by atoms with E-state index in [0.717, 1.165) is 37.8 Å². The first-order valence-electron chi connectivity index (χ1n) is 7.30. The molecule has 4 nitrogen and oxygen atoms in total. The molecule has 4 heteroatoms. The van der Waals surface area contributed by atoms with E-state index in [4.69, 9.17) is 10.5 Å². The van der Waals surface area contributed by atoms with Crippen molar-refractivity contribution in [2.45, 2.75) is 37.1 Å². The van der Waals surface area contributed by atoms with Crippen molar-refractivity contribution >= 4 is 5.97 Å². The van der Waals surface area contributed by atoms with Crippen LogP contribution in [0, 0.1) is 0 Å². The van der Waals surface area contributed by atoms with Crippen LogP contribution in [0.1, 0.15) is 31.2 Å². The zero-order chi connectivity index (χ0) is 14.4. The molecule has 0 amide bonds. The van der Waals surface area contributed by atoms with Gasteiger partial charge in [-0.2, -0.15) is 0 Å². The lowest BCUT2D eigenvalue weighted by Gasteiger charge is -2.38. The third-order valence-corrected chi connectivity index (χ3v) is 4.32. The van der Waals surface area contributed by atoms with Crippen molar-refractivity contribution in [1.29, 1.82) is 0 Å². The van der Waals surface area contributed by atoms with Gasteiger partial charge in [-0.1, -0.05) is 30.3 Å². The summed E-state index contributed by atoms with van der Waals surface area (Å²) >= 11 is 0. The SMILES string of the molecule is COC(=O)C1(c2ccccc2)CCC(NCCN)CC1. The second-order valence-electron chi connectivity index (χ2n) is 5.46. The minimum absolute atomic E-state index is 0.110. The predicted molar refractivity (Wildman–Crippen MR) is 79.4 cm³/mol. The zero-order valence-electron chi connectivity index (χ0n) is 12.1. The first-order chi connectivity index (χ1) is 9.73. The third-order valence-electron chi connectivity index (χ3n) is 4.32. The molecule has 0 bridgehead atoms. The number of hydrogen-bond acceptors (Lipinski definition) is 4. The second kappa shape index (κ2) is 6.86. The Labute approximate surface area is 120 Å². The number of esters is 1. The van der Waals surface area contributed by atoms with Crippen LogP contribution in [0.4, 0.5) is 0 Å². The Kier molecular flexibility index (Phi) is 5.15. The molecule has 0 atom stereocenters. The van der Waals surface area contributed by atoms with Gasteiger partial charge in [0.1, 0.15) is 0 Å². The maximum absolute atomic E-state index is 12.3. The average Bonchev–Trinajstić information content (AvgIpc) is 2.53. The summed E-state index contributed by atoms with van der Waals surface area (Å²) in [5.74, 6) is -0.110. The fourth-order valence-corrected chi connectivity index (χ4v) is 3.17. The summed E-state index contributed by atoms with van der Waals surface area (Å²) < 4.78 is 5.08. The molecule has 0 heterocycles. The fraction of sp³-hybridized carbons (Fsp3) is 0.562. The van der Waals surface area contributed by atoms with Crippen LogP contribution >= 0.6 is 0 Å². The molecule has 0 spiro atoms. The molecule has 1 saturated carbocycles. The smallest absolute Gasteiger partial charge is 0.316 e. The maximum Gasteiger partial charge on any atom is 0.316 e. The lowest BCUT2D eigenvalue weighted by molar-refractivity contribution is -0.149. The molecule has 1 aromatic rings. The molecule has 0 aromatic heterocycles. The molecule has 3 N–H and O–H groups in total. The first-order valence-corrected chi connectivity index (χ1v) is 7.30. The van der Waals surface area contributed by atoms with E-state index < -0.39 is 5.41 Å².